The highest BCUT2D eigenvalue weighted by atomic mass is 79.9. The van der Waals surface area contributed by atoms with Gasteiger partial charge in [0.1, 0.15) is 0 Å². The second-order valence-electron chi connectivity index (χ2n) is 2.51. The summed E-state index contributed by atoms with van der Waals surface area (Å²) >= 11 is 8.95. The molecule has 6 heteroatoms. The first-order valence-corrected chi connectivity index (χ1v) is 5.70. The van der Waals surface area contributed by atoms with Crippen LogP contribution in [0.2, 0.25) is 0 Å². The highest BCUT2D eigenvalue weighted by molar-refractivity contribution is 9.10. The molecule has 0 spiro atoms. The van der Waals surface area contributed by atoms with Crippen molar-refractivity contribution >= 4 is 35.1 Å². The van der Waals surface area contributed by atoms with Crippen LogP contribution >= 0.6 is 35.1 Å². The highest BCUT2D eigenvalue weighted by Gasteiger charge is 2.35. The van der Waals surface area contributed by atoms with Crippen LogP contribution in [0, 0.1) is 0 Å². The zero-order valence-corrected chi connectivity index (χ0v) is 8.99. The second-order valence-corrected chi connectivity index (χ2v) is 6.31. The topological polar surface area (TPSA) is 46.5 Å². The van der Waals surface area contributed by atoms with Crippen LogP contribution in [-0.4, -0.2) is 15.8 Å². The van der Waals surface area contributed by atoms with Crippen LogP contribution in [0.4, 0.5) is 0 Å². The molecule has 0 aromatic carbocycles. The Kier molecular flexibility index (Phi) is 2.53. The van der Waals surface area contributed by atoms with Crippen molar-refractivity contribution < 1.29 is 14.0 Å². The van der Waals surface area contributed by atoms with Gasteiger partial charge in [-0.1, -0.05) is 27.5 Å². The van der Waals surface area contributed by atoms with E-state index >= 15 is 0 Å². The van der Waals surface area contributed by atoms with Crippen molar-refractivity contribution in [3.8, 4) is 0 Å². The first-order valence-electron chi connectivity index (χ1n) is 2.88. The molecule has 0 amide bonds. The molecule has 0 radical (unpaired) electrons. The van der Waals surface area contributed by atoms with E-state index in [0.29, 0.717) is 5.03 Å². The Labute approximate surface area is 78.0 Å². The molecular formula is C5H7BrClO3P. The number of halogens is 2. The maximum absolute atomic E-state index is 10.9. The van der Waals surface area contributed by atoms with Gasteiger partial charge in [-0.15, -0.1) is 0 Å². The Balaban J connectivity index is 2.99. The van der Waals surface area contributed by atoms with Gasteiger partial charge in [0.2, 0.25) is 0 Å². The fraction of sp³-hybridized carbons (Fsp3) is 0.600. The molecule has 1 aliphatic rings. The van der Waals surface area contributed by atoms with Gasteiger partial charge >= 0.3 is 7.60 Å². The third-order valence-electron chi connectivity index (χ3n) is 1.30. The van der Waals surface area contributed by atoms with Gasteiger partial charge in [0.15, 0.2) is 0 Å². The van der Waals surface area contributed by atoms with Crippen molar-refractivity contribution in [3.05, 3.63) is 10.8 Å². The Hall–Kier alpha value is 0.660. The van der Waals surface area contributed by atoms with Gasteiger partial charge in [-0.2, -0.15) is 0 Å². The fourth-order valence-electron chi connectivity index (χ4n) is 0.598. The number of alkyl halides is 1. The van der Waals surface area contributed by atoms with Crippen LogP contribution in [0.5, 0.6) is 0 Å². The molecule has 0 aliphatic carbocycles. The molecule has 11 heavy (non-hydrogen) atoms. The molecule has 0 fully saturated rings. The summed E-state index contributed by atoms with van der Waals surface area (Å²) < 4.78 is 15.0. The Morgan fingerprint density at radius 2 is 2.55 bits per heavy atom. The van der Waals surface area contributed by atoms with E-state index < -0.39 is 11.9 Å². The first-order chi connectivity index (χ1) is 4.83. The monoisotopic (exact) mass is 260 g/mol. The molecule has 0 saturated carbocycles. The van der Waals surface area contributed by atoms with Gasteiger partial charge in [0, 0.05) is 10.8 Å². The average molecular weight is 261 g/mol. The Morgan fingerprint density at radius 3 is 2.91 bits per heavy atom. The Bertz CT molecular complexity index is 250. The number of hydrogen-bond donors (Lipinski definition) is 1. The summed E-state index contributed by atoms with van der Waals surface area (Å²) in [4.78, 5) is 8.93. The highest BCUT2D eigenvalue weighted by Crippen LogP contribution is 2.53. The van der Waals surface area contributed by atoms with Gasteiger partial charge in [-0.05, 0) is 6.92 Å². The van der Waals surface area contributed by atoms with Gasteiger partial charge in [0.25, 0.3) is 0 Å². The van der Waals surface area contributed by atoms with Gasteiger partial charge < -0.3 is 9.42 Å². The van der Waals surface area contributed by atoms with Gasteiger partial charge in [-0.3, -0.25) is 4.57 Å². The molecule has 0 saturated heterocycles. The van der Waals surface area contributed by atoms with Crippen LogP contribution in [0.25, 0.3) is 0 Å². The smallest absolute Gasteiger partial charge is 0.321 e. The molecule has 64 valence electrons. The van der Waals surface area contributed by atoms with Crippen molar-refractivity contribution in [2.24, 2.45) is 0 Å². The van der Waals surface area contributed by atoms with Crippen LogP contribution in [0.15, 0.2) is 10.8 Å². The SMILES string of the molecule is CC1(Br)COP(=O)(O)C=C1Cl. The largest absolute Gasteiger partial charge is 0.352 e. The van der Waals surface area contributed by atoms with E-state index in [4.69, 9.17) is 16.5 Å². The first kappa shape index (κ1) is 9.75. The predicted molar refractivity (Wildman–Crippen MR) is 47.0 cm³/mol. The summed E-state index contributed by atoms with van der Waals surface area (Å²) in [5.41, 5.74) is 0. The van der Waals surface area contributed by atoms with Crippen LogP contribution in [-0.2, 0) is 9.09 Å². The molecule has 2 atom stereocenters. The fourth-order valence-corrected chi connectivity index (χ4v) is 2.69. The van der Waals surface area contributed by atoms with Crippen molar-refractivity contribution in [3.63, 3.8) is 0 Å². The standard InChI is InChI=1S/C5H7BrClO3P/c1-5(6)3-10-11(8,9)2-4(5)7/h2H,3H2,1H3,(H,8,9). The normalized spacial score (nSPS) is 45.3. The van der Waals surface area contributed by atoms with E-state index in [2.05, 4.69) is 20.5 Å². The summed E-state index contributed by atoms with van der Waals surface area (Å²) in [6.07, 6.45) is 0. The maximum Gasteiger partial charge on any atom is 0.352 e. The van der Waals surface area contributed by atoms with Crippen LogP contribution in [0.1, 0.15) is 6.92 Å². The summed E-state index contributed by atoms with van der Waals surface area (Å²) in [5, 5.41) is 0.314. The van der Waals surface area contributed by atoms with Crippen molar-refractivity contribution in [1.29, 1.82) is 0 Å². The van der Waals surface area contributed by atoms with Crippen molar-refractivity contribution in [2.45, 2.75) is 11.2 Å². The molecule has 1 rings (SSSR count). The summed E-state index contributed by atoms with van der Waals surface area (Å²) in [5.74, 6) is 1.05. The molecule has 0 aromatic heterocycles. The molecule has 2 unspecified atom stereocenters. The third kappa shape index (κ3) is 2.30. The van der Waals surface area contributed by atoms with Crippen LogP contribution in [0.3, 0.4) is 0 Å². The minimum atomic E-state index is -3.55. The zero-order chi connectivity index (χ0) is 8.70. The lowest BCUT2D eigenvalue weighted by molar-refractivity contribution is 0.249. The van der Waals surface area contributed by atoms with E-state index in [-0.39, 0.29) is 6.61 Å². The van der Waals surface area contributed by atoms with Gasteiger partial charge in [0.05, 0.1) is 10.9 Å². The Morgan fingerprint density at radius 1 is 2.00 bits per heavy atom. The van der Waals surface area contributed by atoms with E-state index in [1.807, 2.05) is 0 Å². The van der Waals surface area contributed by atoms with E-state index in [9.17, 15) is 4.57 Å². The maximum atomic E-state index is 10.9. The summed E-state index contributed by atoms with van der Waals surface area (Å²) in [7, 11) is -3.55. The summed E-state index contributed by atoms with van der Waals surface area (Å²) in [6, 6.07) is 0. The third-order valence-corrected chi connectivity index (χ3v) is 3.94. The molecule has 0 aromatic rings. The average Bonchev–Trinajstić information content (AvgIpc) is 1.81. The molecule has 1 aliphatic heterocycles. The predicted octanol–water partition coefficient (Wildman–Crippen LogP) is 2.44. The molecule has 0 bridgehead atoms. The van der Waals surface area contributed by atoms with Crippen molar-refractivity contribution in [2.75, 3.05) is 6.61 Å². The quantitative estimate of drug-likeness (QED) is 0.538. The molecule has 1 N–H and O–H groups in total. The lowest BCUT2D eigenvalue weighted by atomic mass is 10.2. The molecule has 3 nitrogen and oxygen atoms in total. The summed E-state index contributed by atoms with van der Waals surface area (Å²) in [6.45, 7) is 1.88. The zero-order valence-electron chi connectivity index (χ0n) is 5.75. The lowest BCUT2D eigenvalue weighted by Gasteiger charge is -2.27. The number of rotatable bonds is 0. The lowest BCUT2D eigenvalue weighted by Crippen LogP contribution is -2.25. The van der Waals surface area contributed by atoms with E-state index in [0.717, 1.165) is 5.82 Å². The molecule has 1 heterocycles. The second kappa shape index (κ2) is 2.86. The minimum Gasteiger partial charge on any atom is -0.321 e. The molecular weight excluding hydrogens is 254 g/mol. The van der Waals surface area contributed by atoms with E-state index in [1.165, 1.54) is 0 Å². The van der Waals surface area contributed by atoms with Crippen LogP contribution < -0.4 is 0 Å². The number of hydrogen-bond acceptors (Lipinski definition) is 2. The van der Waals surface area contributed by atoms with E-state index in [1.54, 1.807) is 6.92 Å². The minimum absolute atomic E-state index is 0.107. The van der Waals surface area contributed by atoms with Crippen molar-refractivity contribution in [1.82, 2.24) is 0 Å². The van der Waals surface area contributed by atoms with Gasteiger partial charge in [-0.25, -0.2) is 0 Å².